The van der Waals surface area contributed by atoms with Crippen molar-refractivity contribution in [2.75, 3.05) is 13.6 Å². The van der Waals surface area contributed by atoms with Crippen molar-refractivity contribution >= 4 is 5.78 Å². The zero-order valence-electron chi connectivity index (χ0n) is 7.27. The third kappa shape index (κ3) is 2.97. The molecule has 0 aromatic carbocycles. The first-order valence-electron chi connectivity index (χ1n) is 3.78. The quantitative estimate of drug-likeness (QED) is 0.637. The van der Waals surface area contributed by atoms with Crippen LogP contribution >= 0.6 is 0 Å². The highest BCUT2D eigenvalue weighted by Crippen LogP contribution is 2.04. The van der Waals surface area contributed by atoms with Crippen LogP contribution in [0, 0.1) is 11.8 Å². The number of nitrogens with one attached hydrogen (secondary N) is 1. The van der Waals surface area contributed by atoms with E-state index >= 15 is 0 Å². The predicted molar refractivity (Wildman–Crippen MR) is 42.9 cm³/mol. The van der Waals surface area contributed by atoms with Gasteiger partial charge >= 0.3 is 0 Å². The highest BCUT2D eigenvalue weighted by atomic mass is 16.1. The van der Waals surface area contributed by atoms with Crippen LogP contribution in [0.4, 0.5) is 0 Å². The van der Waals surface area contributed by atoms with Gasteiger partial charge in [0, 0.05) is 18.4 Å². The molecule has 10 heavy (non-hydrogen) atoms. The molecule has 1 N–H and O–H groups in total. The molecule has 0 radical (unpaired) electrons. The number of carbonyl (C=O) groups is 1. The molecule has 0 aliphatic heterocycles. The summed E-state index contributed by atoms with van der Waals surface area (Å²) in [5.74, 6) is 0.669. The van der Waals surface area contributed by atoms with Crippen molar-refractivity contribution in [3.05, 3.63) is 0 Å². The minimum Gasteiger partial charge on any atom is -0.319 e. The van der Waals surface area contributed by atoms with Gasteiger partial charge in [0.2, 0.25) is 0 Å². The smallest absolute Gasteiger partial charge is 0.139 e. The summed E-state index contributed by atoms with van der Waals surface area (Å²) >= 11 is 0. The molecule has 0 amide bonds. The monoisotopic (exact) mass is 143 g/mol. The molecule has 2 heteroatoms. The Balaban J connectivity index is 3.71. The Morgan fingerprint density at radius 3 is 2.20 bits per heavy atom. The summed E-state index contributed by atoms with van der Waals surface area (Å²) in [5, 5.41) is 2.98. The first kappa shape index (κ1) is 9.63. The Bertz CT molecular complexity index is 110. The Kier molecular flexibility index (Phi) is 4.28. The summed E-state index contributed by atoms with van der Waals surface area (Å²) in [6.07, 6.45) is 0. The SMILES string of the molecule is CNCC(C)C(=O)C(C)C. The number of rotatable bonds is 4. The van der Waals surface area contributed by atoms with Crippen LogP contribution in [0.15, 0.2) is 0 Å². The zero-order chi connectivity index (χ0) is 8.15. The minimum atomic E-state index is 0.157. The lowest BCUT2D eigenvalue weighted by atomic mass is 9.97. The van der Waals surface area contributed by atoms with Gasteiger partial charge in [-0.25, -0.2) is 0 Å². The number of hydrogen-bond donors (Lipinski definition) is 1. The number of hydrogen-bond acceptors (Lipinski definition) is 2. The summed E-state index contributed by atoms with van der Waals surface area (Å²) in [5.41, 5.74) is 0. The van der Waals surface area contributed by atoms with Crippen LogP contribution in [0.25, 0.3) is 0 Å². The van der Waals surface area contributed by atoms with Crippen molar-refractivity contribution in [3.8, 4) is 0 Å². The molecule has 0 rings (SSSR count). The van der Waals surface area contributed by atoms with Gasteiger partial charge in [-0.2, -0.15) is 0 Å². The summed E-state index contributed by atoms with van der Waals surface area (Å²) in [4.78, 5) is 11.2. The van der Waals surface area contributed by atoms with Gasteiger partial charge in [0.25, 0.3) is 0 Å². The Morgan fingerprint density at radius 2 is 1.90 bits per heavy atom. The van der Waals surface area contributed by atoms with Gasteiger partial charge in [-0.1, -0.05) is 20.8 Å². The third-order valence-corrected chi connectivity index (χ3v) is 1.57. The largest absolute Gasteiger partial charge is 0.319 e. The zero-order valence-corrected chi connectivity index (χ0v) is 7.27. The molecule has 0 saturated heterocycles. The van der Waals surface area contributed by atoms with Crippen molar-refractivity contribution in [2.24, 2.45) is 11.8 Å². The first-order valence-corrected chi connectivity index (χ1v) is 3.78. The maximum absolute atomic E-state index is 11.2. The second-order valence-electron chi connectivity index (χ2n) is 3.02. The summed E-state index contributed by atoms with van der Waals surface area (Å²) in [6.45, 7) is 6.62. The molecular weight excluding hydrogens is 126 g/mol. The second-order valence-corrected chi connectivity index (χ2v) is 3.02. The molecule has 0 bridgehead atoms. The Hall–Kier alpha value is -0.370. The fourth-order valence-electron chi connectivity index (χ4n) is 0.976. The van der Waals surface area contributed by atoms with E-state index in [2.05, 4.69) is 5.32 Å². The maximum atomic E-state index is 11.2. The van der Waals surface area contributed by atoms with Crippen LogP contribution in [0.1, 0.15) is 20.8 Å². The molecule has 0 fully saturated rings. The summed E-state index contributed by atoms with van der Waals surface area (Å²) < 4.78 is 0. The highest BCUT2D eigenvalue weighted by molar-refractivity contribution is 5.82. The van der Waals surface area contributed by atoms with Crippen molar-refractivity contribution in [1.29, 1.82) is 0 Å². The summed E-state index contributed by atoms with van der Waals surface area (Å²) in [7, 11) is 1.87. The van der Waals surface area contributed by atoms with E-state index in [1.165, 1.54) is 0 Å². The predicted octanol–water partition coefficient (Wildman–Crippen LogP) is 1.07. The highest BCUT2D eigenvalue weighted by Gasteiger charge is 2.14. The van der Waals surface area contributed by atoms with E-state index in [-0.39, 0.29) is 11.8 Å². The second kappa shape index (κ2) is 4.45. The molecule has 0 aromatic rings. The van der Waals surface area contributed by atoms with Gasteiger partial charge in [-0.3, -0.25) is 4.79 Å². The van der Waals surface area contributed by atoms with Crippen LogP contribution in [0.3, 0.4) is 0 Å². The molecule has 0 spiro atoms. The van der Waals surface area contributed by atoms with Gasteiger partial charge in [0.15, 0.2) is 0 Å². The fourth-order valence-corrected chi connectivity index (χ4v) is 0.976. The van der Waals surface area contributed by atoms with E-state index in [0.717, 1.165) is 6.54 Å². The standard InChI is InChI=1S/C8H17NO/c1-6(2)8(10)7(3)5-9-4/h6-7,9H,5H2,1-4H3. The molecule has 0 saturated carbocycles. The average molecular weight is 143 g/mol. The number of ketones is 1. The van der Waals surface area contributed by atoms with E-state index in [0.29, 0.717) is 5.78 Å². The molecular formula is C8H17NO. The van der Waals surface area contributed by atoms with Gasteiger partial charge in [0.05, 0.1) is 0 Å². The van der Waals surface area contributed by atoms with Gasteiger partial charge in [-0.05, 0) is 7.05 Å². The first-order chi connectivity index (χ1) is 4.59. The van der Waals surface area contributed by atoms with Crippen molar-refractivity contribution < 1.29 is 4.79 Å². The van der Waals surface area contributed by atoms with Crippen LogP contribution in [0.2, 0.25) is 0 Å². The van der Waals surface area contributed by atoms with Gasteiger partial charge < -0.3 is 5.32 Å². The third-order valence-electron chi connectivity index (χ3n) is 1.57. The van der Waals surface area contributed by atoms with Gasteiger partial charge in [0.1, 0.15) is 5.78 Å². The molecule has 1 unspecified atom stereocenters. The molecule has 60 valence electrons. The summed E-state index contributed by atoms with van der Waals surface area (Å²) in [6, 6.07) is 0. The lowest BCUT2D eigenvalue weighted by Crippen LogP contribution is -2.26. The van der Waals surface area contributed by atoms with Crippen molar-refractivity contribution in [2.45, 2.75) is 20.8 Å². The van der Waals surface area contributed by atoms with E-state index in [4.69, 9.17) is 0 Å². The average Bonchev–Trinajstić information content (AvgIpc) is 1.87. The number of carbonyl (C=O) groups excluding carboxylic acids is 1. The van der Waals surface area contributed by atoms with Crippen LogP contribution < -0.4 is 5.32 Å². The van der Waals surface area contributed by atoms with E-state index in [1.54, 1.807) is 0 Å². The normalized spacial score (nSPS) is 13.7. The van der Waals surface area contributed by atoms with E-state index in [9.17, 15) is 4.79 Å². The van der Waals surface area contributed by atoms with Crippen molar-refractivity contribution in [1.82, 2.24) is 5.32 Å². The van der Waals surface area contributed by atoms with E-state index in [1.807, 2.05) is 27.8 Å². The lowest BCUT2D eigenvalue weighted by Gasteiger charge is -2.11. The van der Waals surface area contributed by atoms with Crippen LogP contribution in [-0.2, 0) is 4.79 Å². The fraction of sp³-hybridized carbons (Fsp3) is 0.875. The van der Waals surface area contributed by atoms with Crippen LogP contribution in [-0.4, -0.2) is 19.4 Å². The Labute approximate surface area is 63.0 Å². The molecule has 0 aliphatic rings. The Morgan fingerprint density at radius 1 is 1.40 bits per heavy atom. The molecule has 1 atom stereocenters. The van der Waals surface area contributed by atoms with Crippen LogP contribution in [0.5, 0.6) is 0 Å². The lowest BCUT2D eigenvalue weighted by molar-refractivity contribution is -0.125. The number of Topliss-reactive ketones (excluding diaryl/α,β-unsaturated/α-hetero) is 1. The molecule has 2 nitrogen and oxygen atoms in total. The van der Waals surface area contributed by atoms with E-state index < -0.39 is 0 Å². The van der Waals surface area contributed by atoms with Crippen molar-refractivity contribution in [3.63, 3.8) is 0 Å². The minimum absolute atomic E-state index is 0.157. The maximum Gasteiger partial charge on any atom is 0.139 e. The molecule has 0 aliphatic carbocycles. The topological polar surface area (TPSA) is 29.1 Å². The molecule has 0 aromatic heterocycles. The molecule has 0 heterocycles. The van der Waals surface area contributed by atoms with Gasteiger partial charge in [-0.15, -0.1) is 0 Å².